The minimum absolute atomic E-state index is 0.0870. The Balaban J connectivity index is 1.91. The van der Waals surface area contributed by atoms with Crippen LogP contribution in [-0.2, 0) is 0 Å². The minimum Gasteiger partial charge on any atom is -0.310 e. The molecular weight excluding hydrogens is 245 g/mol. The molecule has 0 aliphatic carbocycles. The number of benzene rings is 1. The normalized spacial score (nSPS) is 18.8. The number of rotatable bonds is 5. The second-order valence-corrected chi connectivity index (χ2v) is 6.17. The molecule has 0 aromatic heterocycles. The van der Waals surface area contributed by atoms with E-state index in [1.165, 1.54) is 24.3 Å². The summed E-state index contributed by atoms with van der Waals surface area (Å²) in [4.78, 5) is 0. The Kier molecular flexibility index (Phi) is 5.51. The van der Waals surface area contributed by atoms with Crippen LogP contribution in [0.3, 0.4) is 0 Å². The Bertz CT molecular complexity index is 363. The van der Waals surface area contributed by atoms with Crippen LogP contribution in [0.25, 0.3) is 0 Å². The van der Waals surface area contributed by atoms with Gasteiger partial charge in [0.15, 0.2) is 0 Å². The molecule has 100 valence electrons. The van der Waals surface area contributed by atoms with Gasteiger partial charge in [0.2, 0.25) is 0 Å². The predicted molar refractivity (Wildman–Crippen MR) is 77.5 cm³/mol. The fraction of sp³-hybridized carbons (Fsp3) is 0.600. The van der Waals surface area contributed by atoms with Crippen molar-refractivity contribution in [2.75, 3.05) is 18.1 Å². The van der Waals surface area contributed by atoms with Crippen LogP contribution in [0.15, 0.2) is 24.3 Å². The third kappa shape index (κ3) is 3.72. The van der Waals surface area contributed by atoms with Crippen LogP contribution in [-0.4, -0.2) is 18.1 Å². The molecule has 1 aromatic rings. The minimum atomic E-state index is -0.0870. The summed E-state index contributed by atoms with van der Waals surface area (Å²) in [6.07, 6.45) is 3.53. The number of halogens is 1. The van der Waals surface area contributed by atoms with Crippen molar-refractivity contribution < 1.29 is 4.39 Å². The van der Waals surface area contributed by atoms with Crippen LogP contribution in [0.2, 0.25) is 0 Å². The Morgan fingerprint density at radius 2 is 2.06 bits per heavy atom. The summed E-state index contributed by atoms with van der Waals surface area (Å²) in [6.45, 7) is 3.13. The molecule has 0 bridgehead atoms. The second-order valence-electron chi connectivity index (χ2n) is 4.95. The lowest BCUT2D eigenvalue weighted by Gasteiger charge is -2.25. The van der Waals surface area contributed by atoms with E-state index in [2.05, 4.69) is 12.2 Å². The molecule has 1 nitrogen and oxygen atoms in total. The molecule has 0 spiro atoms. The molecule has 1 heterocycles. The molecule has 1 aliphatic heterocycles. The van der Waals surface area contributed by atoms with Crippen molar-refractivity contribution in [1.29, 1.82) is 0 Å². The first kappa shape index (κ1) is 13.9. The number of hydrogen-bond acceptors (Lipinski definition) is 2. The van der Waals surface area contributed by atoms with E-state index in [1.807, 2.05) is 23.9 Å². The van der Waals surface area contributed by atoms with Gasteiger partial charge in [0, 0.05) is 11.6 Å². The molecule has 0 amide bonds. The van der Waals surface area contributed by atoms with Crippen molar-refractivity contribution in [3.63, 3.8) is 0 Å². The number of hydrogen-bond donors (Lipinski definition) is 1. The fourth-order valence-corrected chi connectivity index (χ4v) is 3.70. The van der Waals surface area contributed by atoms with E-state index < -0.39 is 0 Å². The molecule has 1 fully saturated rings. The van der Waals surface area contributed by atoms with Gasteiger partial charge in [0.05, 0.1) is 0 Å². The molecule has 0 radical (unpaired) electrons. The first-order chi connectivity index (χ1) is 8.81. The smallest absolute Gasteiger partial charge is 0.127 e. The monoisotopic (exact) mass is 267 g/mol. The van der Waals surface area contributed by atoms with Crippen molar-refractivity contribution in [2.24, 2.45) is 5.92 Å². The maximum absolute atomic E-state index is 13.7. The lowest BCUT2D eigenvalue weighted by molar-refractivity contribution is 0.398. The van der Waals surface area contributed by atoms with Gasteiger partial charge in [-0.05, 0) is 49.3 Å². The van der Waals surface area contributed by atoms with Crippen molar-refractivity contribution in [3.8, 4) is 0 Å². The summed E-state index contributed by atoms with van der Waals surface area (Å²) in [5, 5.41) is 3.55. The highest BCUT2D eigenvalue weighted by Crippen LogP contribution is 2.24. The van der Waals surface area contributed by atoms with Gasteiger partial charge >= 0.3 is 0 Å². The van der Waals surface area contributed by atoms with E-state index in [4.69, 9.17) is 0 Å². The second kappa shape index (κ2) is 7.15. The summed E-state index contributed by atoms with van der Waals surface area (Å²) in [7, 11) is 0. The average molecular weight is 267 g/mol. The Morgan fingerprint density at radius 3 is 2.72 bits per heavy atom. The van der Waals surface area contributed by atoms with Crippen LogP contribution in [0.5, 0.6) is 0 Å². The van der Waals surface area contributed by atoms with E-state index in [0.29, 0.717) is 0 Å². The van der Waals surface area contributed by atoms with Crippen LogP contribution in [0, 0.1) is 11.7 Å². The van der Waals surface area contributed by atoms with Gasteiger partial charge in [-0.2, -0.15) is 11.8 Å². The van der Waals surface area contributed by atoms with Crippen molar-refractivity contribution in [2.45, 2.75) is 32.2 Å². The zero-order valence-electron chi connectivity index (χ0n) is 11.0. The molecule has 3 heteroatoms. The molecule has 1 N–H and O–H groups in total. The summed E-state index contributed by atoms with van der Waals surface area (Å²) in [6, 6.07) is 7.27. The SMILES string of the molecule is CCC(NCC1CCSCC1)c1ccccc1F. The quantitative estimate of drug-likeness (QED) is 0.865. The van der Waals surface area contributed by atoms with Gasteiger partial charge < -0.3 is 5.32 Å². The van der Waals surface area contributed by atoms with E-state index >= 15 is 0 Å². The van der Waals surface area contributed by atoms with E-state index in [0.717, 1.165) is 24.4 Å². The third-order valence-corrected chi connectivity index (χ3v) is 4.73. The third-order valence-electron chi connectivity index (χ3n) is 3.68. The molecule has 0 saturated carbocycles. The van der Waals surface area contributed by atoms with Gasteiger partial charge in [-0.25, -0.2) is 4.39 Å². The van der Waals surface area contributed by atoms with Gasteiger partial charge in [-0.15, -0.1) is 0 Å². The van der Waals surface area contributed by atoms with E-state index in [-0.39, 0.29) is 11.9 Å². The van der Waals surface area contributed by atoms with Gasteiger partial charge in [0.25, 0.3) is 0 Å². The molecule has 1 unspecified atom stereocenters. The topological polar surface area (TPSA) is 12.0 Å². The van der Waals surface area contributed by atoms with E-state index in [9.17, 15) is 4.39 Å². The first-order valence-electron chi connectivity index (χ1n) is 6.86. The zero-order valence-corrected chi connectivity index (χ0v) is 11.8. The number of thioether (sulfide) groups is 1. The average Bonchev–Trinajstić information content (AvgIpc) is 2.42. The summed E-state index contributed by atoms with van der Waals surface area (Å²) in [5.41, 5.74) is 0.810. The van der Waals surface area contributed by atoms with Gasteiger partial charge in [0.1, 0.15) is 5.82 Å². The van der Waals surface area contributed by atoms with Gasteiger partial charge in [-0.1, -0.05) is 25.1 Å². The molecule has 1 aromatic carbocycles. The highest BCUT2D eigenvalue weighted by Gasteiger charge is 2.17. The standard InChI is InChI=1S/C15H22FNS/c1-2-15(13-5-3-4-6-14(13)16)17-11-12-7-9-18-10-8-12/h3-6,12,15,17H,2,7-11H2,1H3. The van der Waals surface area contributed by atoms with Crippen LogP contribution in [0.4, 0.5) is 4.39 Å². The molecule has 1 atom stereocenters. The molecular formula is C15H22FNS. The fourth-order valence-electron chi connectivity index (χ4n) is 2.49. The largest absolute Gasteiger partial charge is 0.310 e. The Labute approximate surface area is 114 Å². The first-order valence-corrected chi connectivity index (χ1v) is 8.02. The zero-order chi connectivity index (χ0) is 12.8. The summed E-state index contributed by atoms with van der Waals surface area (Å²) < 4.78 is 13.7. The summed E-state index contributed by atoms with van der Waals surface area (Å²) >= 11 is 2.05. The maximum Gasteiger partial charge on any atom is 0.127 e. The highest BCUT2D eigenvalue weighted by molar-refractivity contribution is 7.99. The highest BCUT2D eigenvalue weighted by atomic mass is 32.2. The Morgan fingerprint density at radius 1 is 1.33 bits per heavy atom. The van der Waals surface area contributed by atoms with E-state index in [1.54, 1.807) is 12.1 Å². The number of nitrogens with one attached hydrogen (secondary N) is 1. The molecule has 18 heavy (non-hydrogen) atoms. The van der Waals surface area contributed by atoms with Gasteiger partial charge in [-0.3, -0.25) is 0 Å². The maximum atomic E-state index is 13.7. The van der Waals surface area contributed by atoms with Crippen LogP contribution in [0.1, 0.15) is 37.8 Å². The molecule has 1 aliphatic rings. The molecule has 1 saturated heterocycles. The van der Waals surface area contributed by atoms with Crippen molar-refractivity contribution in [1.82, 2.24) is 5.32 Å². The lowest BCUT2D eigenvalue weighted by Crippen LogP contribution is -2.29. The predicted octanol–water partition coefficient (Wildman–Crippen LogP) is 4.01. The van der Waals surface area contributed by atoms with Crippen molar-refractivity contribution >= 4 is 11.8 Å². The Hall–Kier alpha value is -0.540. The van der Waals surface area contributed by atoms with Crippen LogP contribution < -0.4 is 5.32 Å². The lowest BCUT2D eigenvalue weighted by atomic mass is 10.00. The van der Waals surface area contributed by atoms with Crippen molar-refractivity contribution in [3.05, 3.63) is 35.6 Å². The summed E-state index contributed by atoms with van der Waals surface area (Å²) in [5.74, 6) is 3.24. The molecule has 2 rings (SSSR count). The van der Waals surface area contributed by atoms with Crippen LogP contribution >= 0.6 is 11.8 Å².